The van der Waals surface area contributed by atoms with Crippen LogP contribution in [0.2, 0.25) is 0 Å². The largest absolute Gasteiger partial charge is 0.480 e. The van der Waals surface area contributed by atoms with Gasteiger partial charge in [0.05, 0.1) is 0 Å². The van der Waals surface area contributed by atoms with Gasteiger partial charge in [0.1, 0.15) is 5.54 Å². The predicted molar refractivity (Wildman–Crippen MR) is 86.3 cm³/mol. The molecule has 2 rings (SSSR count). The molecule has 2 fully saturated rings. The Morgan fingerprint density at radius 2 is 1.76 bits per heavy atom. The quantitative estimate of drug-likeness (QED) is 0.798. The van der Waals surface area contributed by atoms with Gasteiger partial charge in [-0.1, -0.05) is 52.9 Å². The predicted octanol–water partition coefficient (Wildman–Crippen LogP) is 4.21. The van der Waals surface area contributed by atoms with E-state index in [9.17, 15) is 9.90 Å². The zero-order valence-electron chi connectivity index (χ0n) is 14.0. The van der Waals surface area contributed by atoms with Crippen molar-refractivity contribution in [2.75, 3.05) is 0 Å². The van der Waals surface area contributed by atoms with E-state index >= 15 is 0 Å². The van der Waals surface area contributed by atoms with Gasteiger partial charge in [0.15, 0.2) is 0 Å². The molecule has 0 spiro atoms. The van der Waals surface area contributed by atoms with Crippen molar-refractivity contribution in [1.29, 1.82) is 0 Å². The molecule has 0 aromatic carbocycles. The van der Waals surface area contributed by atoms with Crippen molar-refractivity contribution >= 4 is 5.97 Å². The highest BCUT2D eigenvalue weighted by atomic mass is 16.4. The monoisotopic (exact) mass is 295 g/mol. The number of aliphatic carboxylic acids is 1. The molecule has 3 heteroatoms. The molecule has 3 nitrogen and oxygen atoms in total. The van der Waals surface area contributed by atoms with Crippen LogP contribution < -0.4 is 5.32 Å². The van der Waals surface area contributed by atoms with Crippen molar-refractivity contribution in [3.8, 4) is 0 Å². The summed E-state index contributed by atoms with van der Waals surface area (Å²) in [7, 11) is 0. The van der Waals surface area contributed by atoms with Gasteiger partial charge in [0.25, 0.3) is 0 Å². The lowest BCUT2D eigenvalue weighted by Gasteiger charge is -2.46. The van der Waals surface area contributed by atoms with Crippen LogP contribution >= 0.6 is 0 Å². The van der Waals surface area contributed by atoms with Gasteiger partial charge in [-0.05, 0) is 43.4 Å². The first kappa shape index (κ1) is 16.8. The molecule has 2 aliphatic carbocycles. The van der Waals surface area contributed by atoms with Crippen LogP contribution in [0.3, 0.4) is 0 Å². The van der Waals surface area contributed by atoms with E-state index in [0.29, 0.717) is 12.0 Å². The highest BCUT2D eigenvalue weighted by molar-refractivity contribution is 5.79. The van der Waals surface area contributed by atoms with E-state index in [1.165, 1.54) is 32.1 Å². The summed E-state index contributed by atoms with van der Waals surface area (Å²) in [5, 5.41) is 13.7. The summed E-state index contributed by atoms with van der Waals surface area (Å²) >= 11 is 0. The molecule has 0 aromatic heterocycles. The van der Waals surface area contributed by atoms with Crippen molar-refractivity contribution in [2.24, 2.45) is 17.8 Å². The lowest BCUT2D eigenvalue weighted by atomic mass is 9.68. The summed E-state index contributed by atoms with van der Waals surface area (Å²) in [6, 6.07) is 0.383. The molecular formula is C18H33NO2. The van der Waals surface area contributed by atoms with Crippen molar-refractivity contribution in [3.05, 3.63) is 0 Å². The first-order chi connectivity index (χ1) is 9.96. The highest BCUT2D eigenvalue weighted by Gasteiger charge is 2.49. The van der Waals surface area contributed by atoms with Gasteiger partial charge in [-0.25, -0.2) is 0 Å². The lowest BCUT2D eigenvalue weighted by molar-refractivity contribution is -0.152. The minimum absolute atomic E-state index is 0.135. The summed E-state index contributed by atoms with van der Waals surface area (Å²) in [4.78, 5) is 12.3. The maximum Gasteiger partial charge on any atom is 0.324 e. The van der Waals surface area contributed by atoms with Crippen LogP contribution in [0.5, 0.6) is 0 Å². The average molecular weight is 295 g/mol. The van der Waals surface area contributed by atoms with E-state index in [-0.39, 0.29) is 5.92 Å². The van der Waals surface area contributed by atoms with Crippen molar-refractivity contribution < 1.29 is 9.90 Å². The standard InChI is InChI=1S/C18H33NO2/c1-13(2)18(17(20)21,15-9-5-4-6-10-15)19-16-11-7-8-14(3)12-16/h13-16,19H,4-12H2,1-3H3,(H,20,21)/t14-,16?,18+/m1/s1. The van der Waals surface area contributed by atoms with Gasteiger partial charge in [-0.15, -0.1) is 0 Å². The van der Waals surface area contributed by atoms with Gasteiger partial charge in [0, 0.05) is 6.04 Å². The molecule has 2 aliphatic rings. The second-order valence-electron chi connectivity index (χ2n) is 7.78. The molecular weight excluding hydrogens is 262 g/mol. The number of carbonyl (C=O) groups is 1. The Bertz CT molecular complexity index is 349. The number of carboxylic acid groups (broad SMARTS) is 1. The van der Waals surface area contributed by atoms with Crippen molar-refractivity contribution in [1.82, 2.24) is 5.32 Å². The van der Waals surface area contributed by atoms with E-state index < -0.39 is 11.5 Å². The Morgan fingerprint density at radius 1 is 1.10 bits per heavy atom. The molecule has 0 aliphatic heterocycles. The fourth-order valence-electron chi connectivity index (χ4n) is 4.70. The molecule has 1 unspecified atom stereocenters. The smallest absolute Gasteiger partial charge is 0.324 e. The van der Waals surface area contributed by atoms with E-state index in [1.807, 2.05) is 0 Å². The number of carboxylic acids is 1. The molecule has 2 saturated carbocycles. The van der Waals surface area contributed by atoms with E-state index in [1.54, 1.807) is 0 Å². The zero-order chi connectivity index (χ0) is 15.5. The minimum atomic E-state index is -0.720. The first-order valence-corrected chi connectivity index (χ1v) is 8.98. The molecule has 2 N–H and O–H groups in total. The van der Waals surface area contributed by atoms with Crippen molar-refractivity contribution in [2.45, 2.75) is 90.1 Å². The second-order valence-corrected chi connectivity index (χ2v) is 7.78. The molecule has 0 heterocycles. The Labute approximate surface area is 129 Å². The van der Waals surface area contributed by atoms with Crippen LogP contribution in [-0.2, 0) is 4.79 Å². The van der Waals surface area contributed by atoms with E-state index in [4.69, 9.17) is 0 Å². The van der Waals surface area contributed by atoms with Crippen LogP contribution in [-0.4, -0.2) is 22.7 Å². The van der Waals surface area contributed by atoms with Crippen molar-refractivity contribution in [3.63, 3.8) is 0 Å². The van der Waals surface area contributed by atoms with Crippen LogP contribution in [0.25, 0.3) is 0 Å². The van der Waals surface area contributed by atoms with Gasteiger partial charge in [0.2, 0.25) is 0 Å². The summed E-state index contributed by atoms with van der Waals surface area (Å²) in [6.45, 7) is 6.47. The maximum atomic E-state index is 12.3. The molecule has 21 heavy (non-hydrogen) atoms. The van der Waals surface area contributed by atoms with Gasteiger partial charge in [-0.3, -0.25) is 10.1 Å². The number of hydrogen-bond acceptors (Lipinski definition) is 2. The van der Waals surface area contributed by atoms with Gasteiger partial charge < -0.3 is 5.11 Å². The normalized spacial score (nSPS) is 31.0. The van der Waals surface area contributed by atoms with Crippen LogP contribution in [0, 0.1) is 17.8 Å². The zero-order valence-corrected chi connectivity index (χ0v) is 14.0. The topological polar surface area (TPSA) is 49.3 Å². The lowest BCUT2D eigenvalue weighted by Crippen LogP contribution is -2.64. The number of rotatable bonds is 5. The fourth-order valence-corrected chi connectivity index (χ4v) is 4.70. The van der Waals surface area contributed by atoms with Crippen LogP contribution in [0.4, 0.5) is 0 Å². The third kappa shape index (κ3) is 3.61. The Balaban J connectivity index is 2.19. The minimum Gasteiger partial charge on any atom is -0.480 e. The van der Waals surface area contributed by atoms with E-state index in [2.05, 4.69) is 26.1 Å². The number of nitrogens with one attached hydrogen (secondary N) is 1. The summed E-state index contributed by atoms with van der Waals surface area (Å²) in [5.41, 5.74) is -0.720. The van der Waals surface area contributed by atoms with Gasteiger partial charge in [-0.2, -0.15) is 0 Å². The van der Waals surface area contributed by atoms with E-state index in [0.717, 1.165) is 31.6 Å². The average Bonchev–Trinajstić information content (AvgIpc) is 2.45. The maximum absolute atomic E-state index is 12.3. The fraction of sp³-hybridized carbons (Fsp3) is 0.944. The summed E-state index contributed by atoms with van der Waals surface area (Å²) in [5.74, 6) is 0.528. The molecule has 0 radical (unpaired) electrons. The third-order valence-electron chi connectivity index (χ3n) is 5.89. The molecule has 0 saturated heterocycles. The Kier molecular flexibility index (Phi) is 5.70. The third-order valence-corrected chi connectivity index (χ3v) is 5.89. The second kappa shape index (κ2) is 7.13. The summed E-state index contributed by atoms with van der Waals surface area (Å²) < 4.78 is 0. The molecule has 122 valence electrons. The SMILES string of the molecule is CC(C)[C@@](NC1CCC[C@@H](C)C1)(C(=O)O)C1CCCCC1. The first-order valence-electron chi connectivity index (χ1n) is 8.98. The highest BCUT2D eigenvalue weighted by Crippen LogP contribution is 2.39. The Hall–Kier alpha value is -0.570. The number of hydrogen-bond donors (Lipinski definition) is 2. The molecule has 0 bridgehead atoms. The molecule has 3 atom stereocenters. The molecule has 0 amide bonds. The molecule has 0 aromatic rings. The summed E-state index contributed by atoms with van der Waals surface area (Å²) in [6.07, 6.45) is 10.6. The van der Waals surface area contributed by atoms with Gasteiger partial charge >= 0.3 is 5.97 Å². The Morgan fingerprint density at radius 3 is 2.29 bits per heavy atom. The van der Waals surface area contributed by atoms with Crippen LogP contribution in [0.15, 0.2) is 0 Å². The van der Waals surface area contributed by atoms with Crippen LogP contribution in [0.1, 0.15) is 78.6 Å².